The monoisotopic (exact) mass is 426 g/mol. The number of fused-ring (bicyclic) bond motifs is 1. The van der Waals surface area contributed by atoms with Gasteiger partial charge in [0, 0.05) is 36.5 Å². The molecule has 1 unspecified atom stereocenters. The van der Waals surface area contributed by atoms with E-state index < -0.39 is 11.0 Å². The van der Waals surface area contributed by atoms with Gasteiger partial charge in [-0.05, 0) is 30.4 Å². The molecular formula is C26H38N2O3. The number of β-amino-alcohol motifs (C(OH)–C–C–N with tert-alkyl or cyclic N) is 1. The molecule has 1 aliphatic carbocycles. The highest BCUT2D eigenvalue weighted by Gasteiger charge is 2.50. The number of nitrogens with zero attached hydrogens (tertiary/aromatic N) is 2. The summed E-state index contributed by atoms with van der Waals surface area (Å²) in [5.41, 5.74) is 0.278. The Hall–Kier alpha value is -1.88. The van der Waals surface area contributed by atoms with Gasteiger partial charge in [-0.15, -0.1) is 0 Å². The highest BCUT2D eigenvalue weighted by atomic mass is 16.3. The van der Waals surface area contributed by atoms with Gasteiger partial charge in [-0.25, -0.2) is 0 Å². The van der Waals surface area contributed by atoms with Crippen LogP contribution in [0.15, 0.2) is 24.3 Å². The Kier molecular flexibility index (Phi) is 6.17. The maximum atomic E-state index is 13.2. The van der Waals surface area contributed by atoms with E-state index in [0.717, 1.165) is 17.5 Å². The number of likely N-dealkylation sites (tertiary alicyclic amines) is 1. The zero-order valence-corrected chi connectivity index (χ0v) is 19.4. The zero-order valence-electron chi connectivity index (χ0n) is 19.4. The fraction of sp³-hybridized carbons (Fsp3) is 0.692. The van der Waals surface area contributed by atoms with Crippen LogP contribution in [-0.2, 0) is 11.3 Å². The smallest absolute Gasteiger partial charge is 0.254 e. The molecule has 170 valence electrons. The van der Waals surface area contributed by atoms with Crippen LogP contribution in [0.5, 0.6) is 0 Å². The Balaban J connectivity index is 1.38. The number of benzene rings is 1. The van der Waals surface area contributed by atoms with Gasteiger partial charge >= 0.3 is 0 Å². The van der Waals surface area contributed by atoms with Crippen molar-refractivity contribution in [2.45, 2.75) is 77.9 Å². The lowest BCUT2D eigenvalue weighted by molar-refractivity contribution is -0.157. The van der Waals surface area contributed by atoms with Gasteiger partial charge in [0.2, 0.25) is 5.91 Å². The molecule has 2 heterocycles. The van der Waals surface area contributed by atoms with Crippen LogP contribution in [0.2, 0.25) is 0 Å². The molecule has 0 bridgehead atoms. The van der Waals surface area contributed by atoms with E-state index >= 15 is 0 Å². The Morgan fingerprint density at radius 1 is 1.19 bits per heavy atom. The van der Waals surface area contributed by atoms with E-state index in [4.69, 9.17) is 0 Å². The van der Waals surface area contributed by atoms with E-state index in [-0.39, 0.29) is 17.7 Å². The number of hydrogen-bond donors (Lipinski definition) is 1. The van der Waals surface area contributed by atoms with Gasteiger partial charge in [-0.3, -0.25) is 9.59 Å². The lowest BCUT2D eigenvalue weighted by atomic mass is 9.69. The first-order valence-corrected chi connectivity index (χ1v) is 12.1. The third kappa shape index (κ3) is 4.39. The second kappa shape index (κ2) is 8.57. The van der Waals surface area contributed by atoms with E-state index in [1.807, 2.05) is 43.0 Å². The van der Waals surface area contributed by atoms with Crippen LogP contribution in [0.3, 0.4) is 0 Å². The topological polar surface area (TPSA) is 60.9 Å². The van der Waals surface area contributed by atoms with E-state index in [9.17, 15) is 14.7 Å². The predicted octanol–water partition coefficient (Wildman–Crippen LogP) is 4.24. The number of piperidine rings is 1. The number of aliphatic hydroxyl groups is 1. The first-order valence-electron chi connectivity index (χ1n) is 12.1. The molecule has 2 aliphatic heterocycles. The fourth-order valence-corrected chi connectivity index (χ4v) is 5.94. The molecule has 0 spiro atoms. The van der Waals surface area contributed by atoms with Crippen LogP contribution in [0.25, 0.3) is 0 Å². The van der Waals surface area contributed by atoms with E-state index in [0.29, 0.717) is 38.5 Å². The van der Waals surface area contributed by atoms with Crippen molar-refractivity contribution in [3.05, 3.63) is 35.4 Å². The van der Waals surface area contributed by atoms with Gasteiger partial charge in [0.25, 0.3) is 5.91 Å². The largest absolute Gasteiger partial charge is 0.387 e. The zero-order chi connectivity index (χ0) is 22.2. The van der Waals surface area contributed by atoms with Gasteiger partial charge < -0.3 is 14.9 Å². The molecule has 0 radical (unpaired) electrons. The van der Waals surface area contributed by atoms with Crippen molar-refractivity contribution < 1.29 is 14.7 Å². The molecule has 1 saturated heterocycles. The predicted molar refractivity (Wildman–Crippen MR) is 121 cm³/mol. The second-order valence-corrected chi connectivity index (χ2v) is 10.9. The number of carbonyl (C=O) groups excluding carboxylic acids is 2. The molecule has 2 fully saturated rings. The first kappa shape index (κ1) is 22.3. The minimum Gasteiger partial charge on any atom is -0.387 e. The highest BCUT2D eigenvalue weighted by molar-refractivity contribution is 5.98. The first-order chi connectivity index (χ1) is 14.7. The van der Waals surface area contributed by atoms with Crippen molar-refractivity contribution in [1.82, 2.24) is 9.80 Å². The summed E-state index contributed by atoms with van der Waals surface area (Å²) in [6.45, 7) is 8.10. The molecule has 1 aromatic carbocycles. The van der Waals surface area contributed by atoms with Crippen molar-refractivity contribution in [3.8, 4) is 0 Å². The van der Waals surface area contributed by atoms with Crippen molar-refractivity contribution in [2.75, 3.05) is 19.6 Å². The maximum Gasteiger partial charge on any atom is 0.254 e. The molecule has 31 heavy (non-hydrogen) atoms. The van der Waals surface area contributed by atoms with Gasteiger partial charge in [-0.1, -0.05) is 71.1 Å². The van der Waals surface area contributed by atoms with Crippen molar-refractivity contribution in [2.24, 2.45) is 17.3 Å². The molecule has 1 aromatic rings. The van der Waals surface area contributed by atoms with Gasteiger partial charge in [-0.2, -0.15) is 0 Å². The van der Waals surface area contributed by atoms with Crippen LogP contribution >= 0.6 is 0 Å². The summed E-state index contributed by atoms with van der Waals surface area (Å²) >= 11 is 0. The standard InChI is InChI=1S/C26H38N2O3/c1-19(15-20-9-5-4-6-10-20)23(29)27-14-13-26(31,25(2,3)17-27)18-28-16-21-11-7-8-12-22(21)24(28)30/h7-8,11-12,19-20,31H,4-6,9-10,13-18H2,1-3H3/t19-,26?/m1/s1. The fourth-order valence-electron chi connectivity index (χ4n) is 5.94. The summed E-state index contributed by atoms with van der Waals surface area (Å²) < 4.78 is 0. The summed E-state index contributed by atoms with van der Waals surface area (Å²) in [4.78, 5) is 29.8. The van der Waals surface area contributed by atoms with Crippen LogP contribution in [0, 0.1) is 17.3 Å². The third-order valence-corrected chi connectivity index (χ3v) is 8.13. The molecule has 1 N–H and O–H groups in total. The van der Waals surface area contributed by atoms with E-state index in [1.165, 1.54) is 32.1 Å². The molecule has 3 aliphatic rings. The average molecular weight is 427 g/mol. The average Bonchev–Trinajstić information content (AvgIpc) is 3.05. The lowest BCUT2D eigenvalue weighted by Crippen LogP contribution is -2.63. The molecule has 5 nitrogen and oxygen atoms in total. The highest BCUT2D eigenvalue weighted by Crippen LogP contribution is 2.41. The van der Waals surface area contributed by atoms with Gasteiger partial charge in [0.15, 0.2) is 0 Å². The normalized spacial score (nSPS) is 27.3. The van der Waals surface area contributed by atoms with E-state index in [1.54, 1.807) is 4.90 Å². The molecule has 2 atom stereocenters. The minimum atomic E-state index is -1.01. The van der Waals surface area contributed by atoms with Crippen LogP contribution in [0.1, 0.15) is 81.6 Å². The van der Waals surface area contributed by atoms with Crippen molar-refractivity contribution in [1.29, 1.82) is 0 Å². The molecule has 5 heteroatoms. The Bertz CT molecular complexity index is 830. The summed E-state index contributed by atoms with van der Waals surface area (Å²) in [5.74, 6) is 0.954. The summed E-state index contributed by atoms with van der Waals surface area (Å²) in [7, 11) is 0. The quantitative estimate of drug-likeness (QED) is 0.766. The van der Waals surface area contributed by atoms with Crippen LogP contribution in [0.4, 0.5) is 0 Å². The van der Waals surface area contributed by atoms with Gasteiger partial charge in [0.05, 0.1) is 12.1 Å². The number of hydrogen-bond acceptors (Lipinski definition) is 3. The second-order valence-electron chi connectivity index (χ2n) is 10.9. The Labute approximate surface area is 186 Å². The molecule has 0 aromatic heterocycles. The van der Waals surface area contributed by atoms with Crippen molar-refractivity contribution in [3.63, 3.8) is 0 Å². The number of carbonyl (C=O) groups is 2. The summed E-state index contributed by atoms with van der Waals surface area (Å²) in [5, 5.41) is 11.6. The summed E-state index contributed by atoms with van der Waals surface area (Å²) in [6.07, 6.45) is 7.94. The Morgan fingerprint density at radius 3 is 2.58 bits per heavy atom. The third-order valence-electron chi connectivity index (χ3n) is 8.13. The van der Waals surface area contributed by atoms with Crippen LogP contribution < -0.4 is 0 Å². The minimum absolute atomic E-state index is 0.000523. The maximum absolute atomic E-state index is 13.2. The Morgan fingerprint density at radius 2 is 1.90 bits per heavy atom. The number of rotatable bonds is 5. The SMILES string of the molecule is C[C@H](CC1CCCCC1)C(=O)N1CCC(O)(CN2Cc3ccccc3C2=O)C(C)(C)C1. The van der Waals surface area contributed by atoms with Crippen molar-refractivity contribution >= 4 is 11.8 Å². The molecule has 1 saturated carbocycles. The summed E-state index contributed by atoms with van der Waals surface area (Å²) in [6, 6.07) is 7.68. The van der Waals surface area contributed by atoms with Gasteiger partial charge in [0.1, 0.15) is 0 Å². The lowest BCUT2D eigenvalue weighted by Gasteiger charge is -2.51. The molecule has 4 rings (SSSR count). The molecular weight excluding hydrogens is 388 g/mol. The van der Waals surface area contributed by atoms with E-state index in [2.05, 4.69) is 6.92 Å². The molecule has 2 amide bonds. The van der Waals surface area contributed by atoms with Crippen LogP contribution in [-0.4, -0.2) is 52.0 Å². The number of amides is 2.